The minimum Gasteiger partial charge on any atom is -0.315 e. The summed E-state index contributed by atoms with van der Waals surface area (Å²) < 4.78 is 51.6. The van der Waals surface area contributed by atoms with Crippen LogP contribution in [0.1, 0.15) is 17.4 Å². The molecule has 2 heterocycles. The van der Waals surface area contributed by atoms with Gasteiger partial charge in [-0.15, -0.1) is 0 Å². The van der Waals surface area contributed by atoms with E-state index < -0.39 is 18.0 Å². The molecule has 0 amide bonds. The lowest BCUT2D eigenvalue weighted by Gasteiger charge is -2.13. The second kappa shape index (κ2) is 3.69. The molecule has 0 aliphatic carbocycles. The quantitative estimate of drug-likeness (QED) is 0.786. The first-order chi connectivity index (χ1) is 7.80. The number of alkyl halides is 3. The van der Waals surface area contributed by atoms with Crippen LogP contribution in [0.25, 0.3) is 5.65 Å². The largest absolute Gasteiger partial charge is 0.409 e. The van der Waals surface area contributed by atoms with Crippen LogP contribution >= 0.6 is 0 Å². The van der Waals surface area contributed by atoms with E-state index in [-0.39, 0.29) is 17.0 Å². The highest BCUT2D eigenvalue weighted by atomic mass is 19.4. The fourth-order valence-electron chi connectivity index (χ4n) is 1.60. The zero-order valence-corrected chi connectivity index (χ0v) is 8.79. The number of pyridine rings is 1. The average molecular weight is 247 g/mol. The molecule has 2 N–H and O–H groups in total. The van der Waals surface area contributed by atoms with E-state index in [1.165, 1.54) is 17.4 Å². The molecule has 0 radical (unpaired) electrons. The molecule has 92 valence electrons. The molecule has 17 heavy (non-hydrogen) atoms. The number of nitrogens with zero attached hydrogens (tertiary/aromatic N) is 2. The maximum absolute atomic E-state index is 13.0. The minimum absolute atomic E-state index is 0.185. The Kier molecular flexibility index (Phi) is 2.57. The van der Waals surface area contributed by atoms with Crippen LogP contribution < -0.4 is 5.73 Å². The van der Waals surface area contributed by atoms with Gasteiger partial charge in [-0.2, -0.15) is 13.2 Å². The predicted octanol–water partition coefficient (Wildman–Crippen LogP) is 2.34. The van der Waals surface area contributed by atoms with Crippen molar-refractivity contribution in [2.45, 2.75) is 19.1 Å². The molecule has 2 aromatic rings. The van der Waals surface area contributed by atoms with Crippen LogP contribution in [0, 0.1) is 12.7 Å². The standard InChI is InChI=1S/C10H9F4N3/c1-5-8(9(15)10(12,13)14)16-7-3-2-6(11)4-17(5)7/h2-4,9H,15H2,1H3. The number of rotatable bonds is 1. The summed E-state index contributed by atoms with van der Waals surface area (Å²) in [6.45, 7) is 1.42. The summed E-state index contributed by atoms with van der Waals surface area (Å²) in [7, 11) is 0. The second-order valence-electron chi connectivity index (χ2n) is 3.68. The highest BCUT2D eigenvalue weighted by Gasteiger charge is 2.40. The monoisotopic (exact) mass is 247 g/mol. The Bertz CT molecular complexity index is 558. The topological polar surface area (TPSA) is 43.3 Å². The summed E-state index contributed by atoms with van der Waals surface area (Å²) >= 11 is 0. The van der Waals surface area contributed by atoms with Gasteiger partial charge in [0.1, 0.15) is 17.5 Å². The molecule has 0 aliphatic rings. The first-order valence-electron chi connectivity index (χ1n) is 4.77. The van der Waals surface area contributed by atoms with E-state index in [1.54, 1.807) is 0 Å². The Balaban J connectivity index is 2.60. The molecule has 0 aromatic carbocycles. The molecule has 1 atom stereocenters. The lowest BCUT2D eigenvalue weighted by Crippen LogP contribution is -2.29. The van der Waals surface area contributed by atoms with Crippen LogP contribution in [-0.4, -0.2) is 15.6 Å². The zero-order chi connectivity index (χ0) is 12.8. The maximum atomic E-state index is 13.0. The van der Waals surface area contributed by atoms with Gasteiger partial charge < -0.3 is 10.1 Å². The van der Waals surface area contributed by atoms with Gasteiger partial charge in [0, 0.05) is 11.9 Å². The molecule has 2 aromatic heterocycles. The van der Waals surface area contributed by atoms with Gasteiger partial charge in [0.15, 0.2) is 0 Å². The van der Waals surface area contributed by atoms with E-state index in [9.17, 15) is 17.6 Å². The molecule has 0 fully saturated rings. The number of aryl methyl sites for hydroxylation is 1. The van der Waals surface area contributed by atoms with Gasteiger partial charge in [0.25, 0.3) is 0 Å². The van der Waals surface area contributed by atoms with Crippen molar-refractivity contribution in [3.8, 4) is 0 Å². The normalized spacial score (nSPS) is 14.2. The fraction of sp³-hybridized carbons (Fsp3) is 0.300. The van der Waals surface area contributed by atoms with Crippen molar-refractivity contribution < 1.29 is 17.6 Å². The van der Waals surface area contributed by atoms with Crippen molar-refractivity contribution in [3.05, 3.63) is 35.5 Å². The zero-order valence-electron chi connectivity index (χ0n) is 8.79. The number of hydrogen-bond donors (Lipinski definition) is 1. The van der Waals surface area contributed by atoms with Gasteiger partial charge in [-0.05, 0) is 19.1 Å². The summed E-state index contributed by atoms with van der Waals surface area (Å²) in [5.74, 6) is -0.551. The van der Waals surface area contributed by atoms with Crippen molar-refractivity contribution in [2.75, 3.05) is 0 Å². The van der Waals surface area contributed by atoms with E-state index in [0.717, 1.165) is 12.3 Å². The van der Waals surface area contributed by atoms with Gasteiger partial charge in [0.05, 0.1) is 5.69 Å². The second-order valence-corrected chi connectivity index (χ2v) is 3.68. The molecule has 0 saturated heterocycles. The Morgan fingerprint density at radius 3 is 2.59 bits per heavy atom. The van der Waals surface area contributed by atoms with E-state index in [0.29, 0.717) is 0 Å². The Morgan fingerprint density at radius 1 is 1.35 bits per heavy atom. The summed E-state index contributed by atoms with van der Waals surface area (Å²) in [6, 6.07) is 0.269. The van der Waals surface area contributed by atoms with Gasteiger partial charge >= 0.3 is 6.18 Å². The Hall–Kier alpha value is -1.63. The third-order valence-electron chi connectivity index (χ3n) is 2.51. The molecular weight excluding hydrogens is 238 g/mol. The van der Waals surface area contributed by atoms with Crippen molar-refractivity contribution in [1.82, 2.24) is 9.38 Å². The van der Waals surface area contributed by atoms with Gasteiger partial charge in [0.2, 0.25) is 0 Å². The highest BCUT2D eigenvalue weighted by Crippen LogP contribution is 2.31. The van der Waals surface area contributed by atoms with Crippen LogP contribution in [0.3, 0.4) is 0 Å². The van der Waals surface area contributed by atoms with Crippen molar-refractivity contribution >= 4 is 5.65 Å². The summed E-state index contributed by atoms with van der Waals surface area (Å²) in [6.07, 6.45) is -3.49. The summed E-state index contributed by atoms with van der Waals surface area (Å²) in [5.41, 5.74) is 5.21. The molecule has 7 heteroatoms. The Labute approximate surface area is 93.9 Å². The molecule has 2 rings (SSSR count). The number of fused-ring (bicyclic) bond motifs is 1. The number of halogens is 4. The van der Waals surface area contributed by atoms with E-state index in [2.05, 4.69) is 4.98 Å². The first kappa shape index (κ1) is 11.8. The molecule has 0 saturated carbocycles. The van der Waals surface area contributed by atoms with Crippen molar-refractivity contribution in [1.29, 1.82) is 0 Å². The Morgan fingerprint density at radius 2 is 2.00 bits per heavy atom. The lowest BCUT2D eigenvalue weighted by atomic mass is 10.2. The SMILES string of the molecule is Cc1c(C(N)C(F)(F)F)nc2ccc(F)cn12. The van der Waals surface area contributed by atoms with Crippen LogP contribution in [0.2, 0.25) is 0 Å². The molecule has 0 spiro atoms. The first-order valence-corrected chi connectivity index (χ1v) is 4.77. The van der Waals surface area contributed by atoms with Crippen LogP contribution in [-0.2, 0) is 0 Å². The van der Waals surface area contributed by atoms with Gasteiger partial charge in [-0.25, -0.2) is 9.37 Å². The van der Waals surface area contributed by atoms with E-state index >= 15 is 0 Å². The highest BCUT2D eigenvalue weighted by molar-refractivity contribution is 5.44. The summed E-state index contributed by atoms with van der Waals surface area (Å²) in [5, 5.41) is 0. The number of imidazole rings is 1. The van der Waals surface area contributed by atoms with Crippen molar-refractivity contribution in [3.63, 3.8) is 0 Å². The third kappa shape index (κ3) is 1.97. The van der Waals surface area contributed by atoms with Crippen molar-refractivity contribution in [2.24, 2.45) is 5.73 Å². The van der Waals surface area contributed by atoms with Gasteiger partial charge in [-0.1, -0.05) is 0 Å². The summed E-state index contributed by atoms with van der Waals surface area (Å²) in [4.78, 5) is 3.77. The van der Waals surface area contributed by atoms with Crippen LogP contribution in [0.4, 0.5) is 17.6 Å². The molecule has 0 bridgehead atoms. The fourth-order valence-corrected chi connectivity index (χ4v) is 1.60. The minimum atomic E-state index is -4.57. The predicted molar refractivity (Wildman–Crippen MR) is 52.9 cm³/mol. The van der Waals surface area contributed by atoms with E-state index in [4.69, 9.17) is 5.73 Å². The molecule has 1 unspecified atom stereocenters. The molecule has 0 aliphatic heterocycles. The van der Waals surface area contributed by atoms with Crippen LogP contribution in [0.15, 0.2) is 18.3 Å². The molecular formula is C10H9F4N3. The van der Waals surface area contributed by atoms with Gasteiger partial charge in [-0.3, -0.25) is 0 Å². The van der Waals surface area contributed by atoms with E-state index in [1.807, 2.05) is 0 Å². The third-order valence-corrected chi connectivity index (χ3v) is 2.51. The average Bonchev–Trinajstić information content (AvgIpc) is 2.54. The smallest absolute Gasteiger partial charge is 0.315 e. The number of aromatic nitrogens is 2. The molecule has 3 nitrogen and oxygen atoms in total. The number of hydrogen-bond acceptors (Lipinski definition) is 2. The lowest BCUT2D eigenvalue weighted by molar-refractivity contribution is -0.150. The van der Waals surface area contributed by atoms with Crippen LogP contribution in [0.5, 0.6) is 0 Å². The number of nitrogens with two attached hydrogens (primary N) is 1. The maximum Gasteiger partial charge on any atom is 0.409 e.